The van der Waals surface area contributed by atoms with Crippen LogP contribution in [0.2, 0.25) is 0 Å². The van der Waals surface area contributed by atoms with Gasteiger partial charge in [0, 0.05) is 30.7 Å². The second-order valence-corrected chi connectivity index (χ2v) is 4.90. The van der Waals surface area contributed by atoms with Crippen LogP contribution >= 0.6 is 0 Å². The number of hydrogen-bond acceptors (Lipinski definition) is 5. The minimum absolute atomic E-state index is 0.158. The van der Waals surface area contributed by atoms with Crippen LogP contribution in [0.3, 0.4) is 0 Å². The van der Waals surface area contributed by atoms with E-state index in [1.807, 2.05) is 42.5 Å². The summed E-state index contributed by atoms with van der Waals surface area (Å²) in [7, 11) is 0. The number of rotatable bonds is 4. The van der Waals surface area contributed by atoms with Gasteiger partial charge in [-0.2, -0.15) is 0 Å². The van der Waals surface area contributed by atoms with E-state index in [-0.39, 0.29) is 17.3 Å². The van der Waals surface area contributed by atoms with Crippen molar-refractivity contribution in [3.05, 3.63) is 72.2 Å². The van der Waals surface area contributed by atoms with Gasteiger partial charge in [-0.1, -0.05) is 30.3 Å². The quantitative estimate of drug-likeness (QED) is 0.769. The lowest BCUT2D eigenvalue weighted by Gasteiger charge is -2.08. The van der Waals surface area contributed by atoms with Crippen LogP contribution in [0, 0.1) is 0 Å². The molecule has 0 aliphatic carbocycles. The normalized spacial score (nSPS) is 10.3. The minimum Gasteiger partial charge on any atom is -0.383 e. The number of amides is 1. The fourth-order valence-corrected chi connectivity index (χ4v) is 2.07. The molecule has 3 N–H and O–H groups in total. The molecule has 0 aliphatic heterocycles. The Morgan fingerprint density at radius 1 is 1.09 bits per heavy atom. The van der Waals surface area contributed by atoms with Crippen molar-refractivity contribution in [2.75, 3.05) is 5.73 Å². The Labute approximate surface area is 133 Å². The Balaban J connectivity index is 1.74. The number of pyridine rings is 1. The molecule has 0 atom stereocenters. The van der Waals surface area contributed by atoms with Gasteiger partial charge < -0.3 is 11.1 Å². The monoisotopic (exact) mass is 305 g/mol. The number of benzene rings is 1. The Kier molecular flexibility index (Phi) is 4.24. The second kappa shape index (κ2) is 6.65. The third-order valence-corrected chi connectivity index (χ3v) is 3.30. The van der Waals surface area contributed by atoms with E-state index in [9.17, 15) is 4.79 Å². The van der Waals surface area contributed by atoms with Gasteiger partial charge in [-0.05, 0) is 17.7 Å². The predicted octanol–water partition coefficient (Wildman–Crippen LogP) is 2.05. The molecule has 1 aromatic carbocycles. The van der Waals surface area contributed by atoms with E-state index < -0.39 is 0 Å². The van der Waals surface area contributed by atoms with Crippen molar-refractivity contribution >= 4 is 11.7 Å². The highest BCUT2D eigenvalue weighted by Gasteiger charge is 2.13. The highest BCUT2D eigenvalue weighted by Crippen LogP contribution is 2.17. The molecule has 2 aromatic heterocycles. The molecule has 6 nitrogen and oxygen atoms in total. The van der Waals surface area contributed by atoms with E-state index >= 15 is 0 Å². The number of carbonyl (C=O) groups excluding carboxylic acids is 1. The summed E-state index contributed by atoms with van der Waals surface area (Å²) in [5, 5.41) is 2.79. The van der Waals surface area contributed by atoms with Crippen LogP contribution in [-0.2, 0) is 6.54 Å². The van der Waals surface area contributed by atoms with E-state index in [1.165, 1.54) is 6.20 Å². The molecule has 3 aromatic rings. The van der Waals surface area contributed by atoms with Gasteiger partial charge in [0.2, 0.25) is 0 Å². The topological polar surface area (TPSA) is 93.8 Å². The molecule has 0 saturated carbocycles. The molecule has 0 aliphatic rings. The van der Waals surface area contributed by atoms with Gasteiger partial charge in [0.05, 0.1) is 5.56 Å². The van der Waals surface area contributed by atoms with Crippen LogP contribution in [0.15, 0.2) is 61.1 Å². The first-order valence-electron chi connectivity index (χ1n) is 7.09. The van der Waals surface area contributed by atoms with Crippen LogP contribution in [0.1, 0.15) is 15.9 Å². The van der Waals surface area contributed by atoms with Gasteiger partial charge in [-0.25, -0.2) is 9.97 Å². The average molecular weight is 305 g/mol. The molecule has 0 radical (unpaired) electrons. The van der Waals surface area contributed by atoms with Gasteiger partial charge in [0.15, 0.2) is 5.82 Å². The van der Waals surface area contributed by atoms with Crippen molar-refractivity contribution in [2.45, 2.75) is 6.54 Å². The molecular formula is C17H15N5O. The molecular weight excluding hydrogens is 290 g/mol. The van der Waals surface area contributed by atoms with Gasteiger partial charge in [-0.3, -0.25) is 9.78 Å². The molecule has 0 bridgehead atoms. The van der Waals surface area contributed by atoms with E-state index in [0.29, 0.717) is 12.4 Å². The average Bonchev–Trinajstić information content (AvgIpc) is 2.61. The summed E-state index contributed by atoms with van der Waals surface area (Å²) in [5.74, 6) is 0.346. The lowest BCUT2D eigenvalue weighted by atomic mass is 10.2. The zero-order valence-corrected chi connectivity index (χ0v) is 12.3. The highest BCUT2D eigenvalue weighted by molar-refractivity contribution is 5.98. The molecule has 0 saturated heterocycles. The van der Waals surface area contributed by atoms with Crippen molar-refractivity contribution < 1.29 is 4.79 Å². The van der Waals surface area contributed by atoms with E-state index in [2.05, 4.69) is 20.3 Å². The molecule has 1 amide bonds. The Morgan fingerprint density at radius 3 is 2.52 bits per heavy atom. The first-order valence-corrected chi connectivity index (χ1v) is 7.09. The first-order chi connectivity index (χ1) is 11.2. The van der Waals surface area contributed by atoms with Crippen LogP contribution in [0.5, 0.6) is 0 Å². The summed E-state index contributed by atoms with van der Waals surface area (Å²) in [6.45, 7) is 0.390. The number of nitrogen functional groups attached to an aromatic ring is 1. The smallest absolute Gasteiger partial charge is 0.256 e. The maximum atomic E-state index is 12.2. The van der Waals surface area contributed by atoms with Gasteiger partial charge in [0.1, 0.15) is 5.82 Å². The van der Waals surface area contributed by atoms with E-state index in [4.69, 9.17) is 5.73 Å². The zero-order valence-electron chi connectivity index (χ0n) is 12.3. The maximum absolute atomic E-state index is 12.2. The number of aromatic nitrogens is 3. The number of nitrogens with zero attached hydrogens (tertiary/aromatic N) is 3. The van der Waals surface area contributed by atoms with Gasteiger partial charge in [0.25, 0.3) is 5.91 Å². The minimum atomic E-state index is -0.307. The van der Waals surface area contributed by atoms with Crippen LogP contribution in [0.25, 0.3) is 11.4 Å². The molecule has 3 rings (SSSR count). The third kappa shape index (κ3) is 3.49. The summed E-state index contributed by atoms with van der Waals surface area (Å²) in [4.78, 5) is 24.6. The second-order valence-electron chi connectivity index (χ2n) is 4.90. The van der Waals surface area contributed by atoms with Crippen molar-refractivity contribution in [1.82, 2.24) is 20.3 Å². The van der Waals surface area contributed by atoms with Crippen LogP contribution < -0.4 is 11.1 Å². The molecule has 0 fully saturated rings. The summed E-state index contributed by atoms with van der Waals surface area (Å²) in [6, 6.07) is 13.1. The van der Waals surface area contributed by atoms with E-state index in [0.717, 1.165) is 11.1 Å². The van der Waals surface area contributed by atoms with E-state index in [1.54, 1.807) is 12.4 Å². The number of carbonyl (C=O) groups is 1. The van der Waals surface area contributed by atoms with Crippen molar-refractivity contribution in [3.63, 3.8) is 0 Å². The van der Waals surface area contributed by atoms with Crippen molar-refractivity contribution in [1.29, 1.82) is 0 Å². The SMILES string of the molecule is Nc1nc(-c2ccccc2)ncc1C(=O)NCc1ccncc1. The third-order valence-electron chi connectivity index (χ3n) is 3.30. The highest BCUT2D eigenvalue weighted by atomic mass is 16.1. The standard InChI is InChI=1S/C17H15N5O/c18-15-14(17(23)21-10-12-6-8-19-9-7-12)11-20-16(22-15)13-4-2-1-3-5-13/h1-9,11H,10H2,(H,21,23)(H2,18,20,22). The lowest BCUT2D eigenvalue weighted by molar-refractivity contribution is 0.0951. The molecule has 6 heteroatoms. The van der Waals surface area contributed by atoms with Crippen LogP contribution in [0.4, 0.5) is 5.82 Å². The summed E-state index contributed by atoms with van der Waals surface area (Å²) >= 11 is 0. The summed E-state index contributed by atoms with van der Waals surface area (Å²) in [6.07, 6.45) is 4.80. The van der Waals surface area contributed by atoms with Crippen molar-refractivity contribution in [2.24, 2.45) is 0 Å². The zero-order chi connectivity index (χ0) is 16.1. The summed E-state index contributed by atoms with van der Waals surface area (Å²) < 4.78 is 0. The van der Waals surface area contributed by atoms with Crippen LogP contribution in [-0.4, -0.2) is 20.9 Å². The first kappa shape index (κ1) is 14.6. The largest absolute Gasteiger partial charge is 0.383 e. The Bertz CT molecular complexity index is 806. The van der Waals surface area contributed by atoms with Gasteiger partial charge >= 0.3 is 0 Å². The predicted molar refractivity (Wildman–Crippen MR) is 87.3 cm³/mol. The Morgan fingerprint density at radius 2 is 1.83 bits per heavy atom. The lowest BCUT2D eigenvalue weighted by Crippen LogP contribution is -2.24. The fraction of sp³-hybridized carbons (Fsp3) is 0.0588. The Hall–Kier alpha value is -3.28. The fourth-order valence-electron chi connectivity index (χ4n) is 2.07. The molecule has 0 spiro atoms. The van der Waals surface area contributed by atoms with Crippen molar-refractivity contribution in [3.8, 4) is 11.4 Å². The molecule has 0 unspecified atom stereocenters. The maximum Gasteiger partial charge on any atom is 0.256 e. The number of anilines is 1. The summed E-state index contributed by atoms with van der Waals surface area (Å²) in [5.41, 5.74) is 7.97. The number of hydrogen-bond donors (Lipinski definition) is 2. The molecule has 2 heterocycles. The number of nitrogens with two attached hydrogens (primary N) is 1. The molecule has 114 valence electrons. The number of nitrogens with one attached hydrogen (secondary N) is 1. The molecule has 23 heavy (non-hydrogen) atoms. The van der Waals surface area contributed by atoms with Gasteiger partial charge in [-0.15, -0.1) is 0 Å².